The lowest BCUT2D eigenvalue weighted by atomic mass is 9.87. The summed E-state index contributed by atoms with van der Waals surface area (Å²) < 4.78 is 36.5. The fourth-order valence-corrected chi connectivity index (χ4v) is 2.83. The number of hydrogen-bond acceptors (Lipinski definition) is 2. The lowest BCUT2D eigenvalue weighted by Gasteiger charge is -2.20. The Labute approximate surface area is 138 Å². The molecule has 0 bridgehead atoms. The molecular weight excluding hydrogens is 321 g/mol. The molecule has 0 unspecified atom stereocenters. The van der Waals surface area contributed by atoms with Crippen LogP contribution in [0.25, 0.3) is 0 Å². The van der Waals surface area contributed by atoms with E-state index in [1.54, 1.807) is 17.4 Å². The van der Waals surface area contributed by atoms with Crippen molar-refractivity contribution in [1.82, 2.24) is 5.32 Å². The van der Waals surface area contributed by atoms with Gasteiger partial charge in [0, 0.05) is 18.7 Å². The van der Waals surface area contributed by atoms with Gasteiger partial charge in [-0.25, -0.2) is 0 Å². The first-order chi connectivity index (χ1) is 11.3. The van der Waals surface area contributed by atoms with Crippen molar-refractivity contribution < 1.29 is 22.8 Å². The number of carbonyl (C=O) groups excluding carboxylic acids is 2. The van der Waals surface area contributed by atoms with Crippen LogP contribution >= 0.6 is 0 Å². The van der Waals surface area contributed by atoms with Crippen molar-refractivity contribution in [2.75, 3.05) is 5.32 Å². The Morgan fingerprint density at radius 2 is 1.67 bits per heavy atom. The number of anilines is 1. The maximum atomic E-state index is 12.2. The summed E-state index contributed by atoms with van der Waals surface area (Å²) in [6, 6.07) is 5.91. The Kier molecular flexibility index (Phi) is 6.23. The van der Waals surface area contributed by atoms with Crippen LogP contribution in [0.2, 0.25) is 0 Å². The number of alkyl halides is 3. The molecule has 7 heteroatoms. The maximum Gasteiger partial charge on any atom is 0.471 e. The zero-order valence-electron chi connectivity index (χ0n) is 13.3. The lowest BCUT2D eigenvalue weighted by Crippen LogP contribution is -2.29. The normalized spacial score (nSPS) is 15.8. The number of benzene rings is 1. The van der Waals surface area contributed by atoms with Crippen LogP contribution in [0, 0.1) is 5.92 Å². The average Bonchev–Trinajstić information content (AvgIpc) is 2.54. The molecule has 0 saturated heterocycles. The van der Waals surface area contributed by atoms with E-state index in [9.17, 15) is 22.8 Å². The molecule has 0 heterocycles. The molecule has 0 aromatic heterocycles. The quantitative estimate of drug-likeness (QED) is 0.856. The van der Waals surface area contributed by atoms with E-state index in [1.807, 2.05) is 0 Å². The second kappa shape index (κ2) is 8.17. The van der Waals surface area contributed by atoms with E-state index < -0.39 is 12.1 Å². The van der Waals surface area contributed by atoms with Gasteiger partial charge in [0.15, 0.2) is 0 Å². The van der Waals surface area contributed by atoms with E-state index >= 15 is 0 Å². The molecule has 24 heavy (non-hydrogen) atoms. The van der Waals surface area contributed by atoms with E-state index in [2.05, 4.69) is 5.32 Å². The van der Waals surface area contributed by atoms with Crippen LogP contribution < -0.4 is 10.6 Å². The minimum atomic E-state index is -4.91. The number of amides is 2. The Balaban J connectivity index is 1.77. The fraction of sp³-hybridized carbons (Fsp3) is 0.529. The fourth-order valence-electron chi connectivity index (χ4n) is 2.83. The molecule has 2 amide bonds. The van der Waals surface area contributed by atoms with Gasteiger partial charge < -0.3 is 10.6 Å². The van der Waals surface area contributed by atoms with Gasteiger partial charge in [-0.3, -0.25) is 9.59 Å². The summed E-state index contributed by atoms with van der Waals surface area (Å²) in [5.74, 6) is -1.55. The molecule has 0 radical (unpaired) electrons. The van der Waals surface area contributed by atoms with Crippen molar-refractivity contribution in [2.24, 2.45) is 5.92 Å². The van der Waals surface area contributed by atoms with Crippen molar-refractivity contribution in [3.8, 4) is 0 Å². The minimum Gasteiger partial charge on any atom is -0.352 e. The number of hydrogen-bond donors (Lipinski definition) is 2. The van der Waals surface area contributed by atoms with Gasteiger partial charge in [-0.2, -0.15) is 13.2 Å². The Morgan fingerprint density at radius 1 is 1.04 bits per heavy atom. The van der Waals surface area contributed by atoms with Crippen molar-refractivity contribution in [3.63, 3.8) is 0 Å². The molecule has 1 aromatic carbocycles. The SMILES string of the molecule is O=C(CC1CCCCC1)NCc1ccc(NC(=O)C(F)(F)F)cc1. The van der Waals surface area contributed by atoms with Gasteiger partial charge in [-0.1, -0.05) is 31.4 Å². The third-order valence-electron chi connectivity index (χ3n) is 4.16. The van der Waals surface area contributed by atoms with Gasteiger partial charge in [0.05, 0.1) is 0 Å². The summed E-state index contributed by atoms with van der Waals surface area (Å²) in [4.78, 5) is 22.7. The highest BCUT2D eigenvalue weighted by molar-refractivity contribution is 5.94. The highest BCUT2D eigenvalue weighted by Crippen LogP contribution is 2.26. The lowest BCUT2D eigenvalue weighted by molar-refractivity contribution is -0.167. The van der Waals surface area contributed by atoms with E-state index in [4.69, 9.17) is 0 Å². The third-order valence-corrected chi connectivity index (χ3v) is 4.16. The van der Waals surface area contributed by atoms with Crippen LogP contribution in [0.5, 0.6) is 0 Å². The van der Waals surface area contributed by atoms with E-state index in [0.717, 1.165) is 18.4 Å². The number of halogens is 3. The molecule has 1 aromatic rings. The smallest absolute Gasteiger partial charge is 0.352 e. The largest absolute Gasteiger partial charge is 0.471 e. The van der Waals surface area contributed by atoms with Gasteiger partial charge in [0.25, 0.3) is 0 Å². The summed E-state index contributed by atoms with van der Waals surface area (Å²) in [6.07, 6.45) is 1.43. The van der Waals surface area contributed by atoms with Gasteiger partial charge in [0.2, 0.25) is 5.91 Å². The van der Waals surface area contributed by atoms with E-state index in [-0.39, 0.29) is 11.6 Å². The number of rotatable bonds is 5. The van der Waals surface area contributed by atoms with E-state index in [1.165, 1.54) is 31.4 Å². The maximum absolute atomic E-state index is 12.2. The van der Waals surface area contributed by atoms with Crippen molar-refractivity contribution >= 4 is 17.5 Å². The minimum absolute atomic E-state index is 0.00338. The summed E-state index contributed by atoms with van der Waals surface area (Å²) in [6.45, 7) is 0.319. The van der Waals surface area contributed by atoms with Gasteiger partial charge >= 0.3 is 12.1 Å². The zero-order chi connectivity index (χ0) is 17.6. The second-order valence-corrected chi connectivity index (χ2v) is 6.13. The molecule has 0 aliphatic heterocycles. The predicted octanol–water partition coefficient (Wildman–Crippen LogP) is 3.77. The summed E-state index contributed by atoms with van der Waals surface area (Å²) >= 11 is 0. The third kappa shape index (κ3) is 5.86. The first-order valence-corrected chi connectivity index (χ1v) is 8.08. The molecule has 132 valence electrons. The number of carbonyl (C=O) groups is 2. The first-order valence-electron chi connectivity index (χ1n) is 8.08. The zero-order valence-corrected chi connectivity index (χ0v) is 13.3. The van der Waals surface area contributed by atoms with Crippen LogP contribution in [0.1, 0.15) is 44.1 Å². The molecular formula is C17H21F3N2O2. The summed E-state index contributed by atoms with van der Waals surface area (Å²) in [5, 5.41) is 4.60. The number of nitrogens with one attached hydrogen (secondary N) is 2. The highest BCUT2D eigenvalue weighted by Gasteiger charge is 2.38. The molecule has 1 aliphatic carbocycles. The average molecular weight is 342 g/mol. The van der Waals surface area contributed by atoms with Crippen LogP contribution in [0.15, 0.2) is 24.3 Å². The monoisotopic (exact) mass is 342 g/mol. The molecule has 2 N–H and O–H groups in total. The van der Waals surface area contributed by atoms with Crippen molar-refractivity contribution in [2.45, 2.75) is 51.2 Å². The predicted molar refractivity (Wildman–Crippen MR) is 84.2 cm³/mol. The van der Waals surface area contributed by atoms with Gasteiger partial charge in [-0.05, 0) is 36.5 Å². The summed E-state index contributed by atoms with van der Waals surface area (Å²) in [5.41, 5.74) is 0.826. The second-order valence-electron chi connectivity index (χ2n) is 6.13. The Morgan fingerprint density at radius 3 is 2.25 bits per heavy atom. The standard InChI is InChI=1S/C17H21F3N2O2/c18-17(19,20)16(24)22-14-8-6-13(7-9-14)11-21-15(23)10-12-4-2-1-3-5-12/h6-9,12H,1-5,10-11H2,(H,21,23)(H,22,24). The van der Waals surface area contributed by atoms with E-state index in [0.29, 0.717) is 18.9 Å². The van der Waals surface area contributed by atoms with Crippen LogP contribution in [0.3, 0.4) is 0 Å². The van der Waals surface area contributed by atoms with Gasteiger partial charge in [-0.15, -0.1) is 0 Å². The van der Waals surface area contributed by atoms with Crippen LogP contribution in [0.4, 0.5) is 18.9 Å². The Hall–Kier alpha value is -2.05. The molecule has 4 nitrogen and oxygen atoms in total. The van der Waals surface area contributed by atoms with Gasteiger partial charge in [0.1, 0.15) is 0 Å². The highest BCUT2D eigenvalue weighted by atomic mass is 19.4. The van der Waals surface area contributed by atoms with Crippen molar-refractivity contribution in [1.29, 1.82) is 0 Å². The Bertz CT molecular complexity index is 564. The molecule has 1 saturated carbocycles. The molecule has 0 spiro atoms. The topological polar surface area (TPSA) is 58.2 Å². The molecule has 1 aliphatic rings. The van der Waals surface area contributed by atoms with Crippen molar-refractivity contribution in [3.05, 3.63) is 29.8 Å². The van der Waals surface area contributed by atoms with Crippen LogP contribution in [-0.4, -0.2) is 18.0 Å². The first kappa shape index (κ1) is 18.3. The molecule has 2 rings (SSSR count). The molecule has 0 atom stereocenters. The molecule has 1 fully saturated rings. The van der Waals surface area contributed by atoms with Crippen LogP contribution in [-0.2, 0) is 16.1 Å². The summed E-state index contributed by atoms with van der Waals surface area (Å²) in [7, 11) is 0.